The fraction of sp³-hybridized carbons (Fsp3) is 0.250. The van der Waals surface area contributed by atoms with E-state index in [0.717, 1.165) is 17.3 Å². The summed E-state index contributed by atoms with van der Waals surface area (Å²) in [6, 6.07) is 0. The van der Waals surface area contributed by atoms with Crippen LogP contribution in [0.15, 0.2) is 18.6 Å². The molecule has 0 fully saturated rings. The summed E-state index contributed by atoms with van der Waals surface area (Å²) in [5.41, 5.74) is 1.90. The van der Waals surface area contributed by atoms with E-state index in [4.69, 9.17) is 0 Å². The number of aromatic nitrogens is 4. The van der Waals surface area contributed by atoms with Gasteiger partial charge < -0.3 is 9.88 Å². The Morgan fingerprint density at radius 2 is 2.38 bits per heavy atom. The fourth-order valence-electron chi connectivity index (χ4n) is 1.18. The van der Waals surface area contributed by atoms with Crippen LogP contribution in [0, 0.1) is 6.92 Å². The summed E-state index contributed by atoms with van der Waals surface area (Å²) in [5.74, 6) is 0.818. The summed E-state index contributed by atoms with van der Waals surface area (Å²) in [6.45, 7) is 1.96. The van der Waals surface area contributed by atoms with Crippen LogP contribution in [-0.4, -0.2) is 19.7 Å². The van der Waals surface area contributed by atoms with Gasteiger partial charge in [-0.15, -0.1) is 0 Å². The van der Waals surface area contributed by atoms with E-state index in [0.29, 0.717) is 0 Å². The third kappa shape index (κ3) is 1.53. The standard InChI is InChI=1S/C8H11N5/c1-6-5-13(2)8(11-6)12-7-3-9-10-4-7/h3-5H,1-2H3,(H,9,10)(H,11,12). The first kappa shape index (κ1) is 7.85. The molecule has 0 saturated carbocycles. The number of H-pyrrole nitrogens is 1. The molecule has 0 aliphatic heterocycles. The first-order valence-electron chi connectivity index (χ1n) is 4.01. The molecule has 2 aromatic heterocycles. The highest BCUT2D eigenvalue weighted by Gasteiger charge is 2.01. The molecule has 0 atom stereocenters. The zero-order valence-electron chi connectivity index (χ0n) is 7.57. The molecule has 2 heterocycles. The molecule has 2 rings (SSSR count). The minimum absolute atomic E-state index is 0.818. The molecule has 0 aromatic carbocycles. The Bertz CT molecular complexity index is 387. The highest BCUT2D eigenvalue weighted by atomic mass is 15.2. The predicted molar refractivity (Wildman–Crippen MR) is 49.8 cm³/mol. The lowest BCUT2D eigenvalue weighted by Crippen LogP contribution is -1.97. The third-order valence-electron chi connectivity index (χ3n) is 1.75. The molecule has 5 nitrogen and oxygen atoms in total. The van der Waals surface area contributed by atoms with Crippen LogP contribution >= 0.6 is 0 Å². The van der Waals surface area contributed by atoms with Gasteiger partial charge in [0.2, 0.25) is 5.95 Å². The van der Waals surface area contributed by atoms with Gasteiger partial charge in [0.25, 0.3) is 0 Å². The average Bonchev–Trinajstić information content (AvgIpc) is 2.63. The van der Waals surface area contributed by atoms with Crippen LogP contribution in [0.3, 0.4) is 0 Å². The largest absolute Gasteiger partial charge is 0.323 e. The van der Waals surface area contributed by atoms with Gasteiger partial charge in [0.1, 0.15) is 0 Å². The van der Waals surface area contributed by atoms with Crippen molar-refractivity contribution in [1.29, 1.82) is 0 Å². The summed E-state index contributed by atoms with van der Waals surface area (Å²) in [4.78, 5) is 4.30. The second-order valence-corrected chi connectivity index (χ2v) is 2.93. The number of hydrogen-bond acceptors (Lipinski definition) is 3. The molecule has 0 saturated heterocycles. The van der Waals surface area contributed by atoms with Crippen molar-refractivity contribution < 1.29 is 0 Å². The lowest BCUT2D eigenvalue weighted by molar-refractivity contribution is 0.924. The highest BCUT2D eigenvalue weighted by Crippen LogP contribution is 2.12. The Balaban J connectivity index is 2.23. The van der Waals surface area contributed by atoms with Crippen LogP contribution in [0.4, 0.5) is 11.6 Å². The van der Waals surface area contributed by atoms with Crippen LogP contribution < -0.4 is 5.32 Å². The molecule has 0 aliphatic carbocycles. The molecule has 0 unspecified atom stereocenters. The Kier molecular flexibility index (Phi) is 1.77. The normalized spacial score (nSPS) is 10.3. The van der Waals surface area contributed by atoms with Gasteiger partial charge in [-0.3, -0.25) is 5.10 Å². The minimum Gasteiger partial charge on any atom is -0.323 e. The van der Waals surface area contributed by atoms with Gasteiger partial charge in [0, 0.05) is 19.4 Å². The maximum Gasteiger partial charge on any atom is 0.207 e. The molecule has 5 heteroatoms. The first-order chi connectivity index (χ1) is 6.25. The van der Waals surface area contributed by atoms with Crippen LogP contribution in [0.25, 0.3) is 0 Å². The van der Waals surface area contributed by atoms with Crippen LogP contribution in [-0.2, 0) is 7.05 Å². The van der Waals surface area contributed by atoms with E-state index >= 15 is 0 Å². The second-order valence-electron chi connectivity index (χ2n) is 2.93. The van der Waals surface area contributed by atoms with E-state index in [2.05, 4.69) is 20.5 Å². The summed E-state index contributed by atoms with van der Waals surface area (Å²) >= 11 is 0. The number of nitrogens with one attached hydrogen (secondary N) is 2. The third-order valence-corrected chi connectivity index (χ3v) is 1.75. The SMILES string of the molecule is Cc1cn(C)c(Nc2cn[nH]c2)n1. The van der Waals surface area contributed by atoms with Gasteiger partial charge in [0.15, 0.2) is 0 Å². The van der Waals surface area contributed by atoms with E-state index in [-0.39, 0.29) is 0 Å². The van der Waals surface area contributed by atoms with E-state index < -0.39 is 0 Å². The average molecular weight is 177 g/mol. The quantitative estimate of drug-likeness (QED) is 0.724. The lowest BCUT2D eigenvalue weighted by atomic mass is 10.6. The van der Waals surface area contributed by atoms with Gasteiger partial charge in [-0.05, 0) is 6.92 Å². The smallest absolute Gasteiger partial charge is 0.207 e. The van der Waals surface area contributed by atoms with Crippen molar-refractivity contribution in [2.45, 2.75) is 6.92 Å². The van der Waals surface area contributed by atoms with Crippen LogP contribution in [0.5, 0.6) is 0 Å². The Morgan fingerprint density at radius 1 is 1.54 bits per heavy atom. The van der Waals surface area contributed by atoms with Crippen molar-refractivity contribution in [3.05, 3.63) is 24.3 Å². The summed E-state index contributed by atoms with van der Waals surface area (Å²) < 4.78 is 1.93. The fourth-order valence-corrected chi connectivity index (χ4v) is 1.18. The molecular formula is C8H11N5. The number of aromatic amines is 1. The maximum atomic E-state index is 4.30. The predicted octanol–water partition coefficient (Wildman–Crippen LogP) is 1.20. The molecule has 2 N–H and O–H groups in total. The number of anilines is 2. The monoisotopic (exact) mass is 177 g/mol. The van der Waals surface area contributed by atoms with E-state index in [1.807, 2.05) is 24.7 Å². The van der Waals surface area contributed by atoms with Gasteiger partial charge in [0.05, 0.1) is 17.6 Å². The van der Waals surface area contributed by atoms with E-state index in [1.165, 1.54) is 0 Å². The van der Waals surface area contributed by atoms with Crippen LogP contribution in [0.1, 0.15) is 5.69 Å². The molecular weight excluding hydrogens is 166 g/mol. The first-order valence-corrected chi connectivity index (χ1v) is 4.01. The summed E-state index contributed by atoms with van der Waals surface area (Å²) in [6.07, 6.45) is 5.45. The van der Waals surface area contributed by atoms with Gasteiger partial charge in [-0.25, -0.2) is 4.98 Å². The molecule has 0 amide bonds. The number of rotatable bonds is 2. The van der Waals surface area contributed by atoms with Crippen molar-refractivity contribution in [3.63, 3.8) is 0 Å². The summed E-state index contributed by atoms with van der Waals surface area (Å²) in [5, 5.41) is 9.69. The minimum atomic E-state index is 0.818. The van der Waals surface area contributed by atoms with E-state index in [9.17, 15) is 0 Å². The zero-order chi connectivity index (χ0) is 9.26. The Labute approximate surface area is 75.8 Å². The Hall–Kier alpha value is -1.78. The van der Waals surface area contributed by atoms with Gasteiger partial charge in [-0.2, -0.15) is 5.10 Å². The van der Waals surface area contributed by atoms with Crippen molar-refractivity contribution in [2.24, 2.45) is 7.05 Å². The topological polar surface area (TPSA) is 58.5 Å². The number of aryl methyl sites for hydroxylation is 2. The second kappa shape index (κ2) is 2.93. The molecule has 2 aromatic rings. The number of imidazole rings is 1. The van der Waals surface area contributed by atoms with Crippen molar-refractivity contribution >= 4 is 11.6 Å². The molecule has 68 valence electrons. The molecule has 0 radical (unpaired) electrons. The molecule has 0 aliphatic rings. The highest BCUT2D eigenvalue weighted by molar-refractivity contribution is 5.50. The molecule has 0 bridgehead atoms. The van der Waals surface area contributed by atoms with Crippen LogP contribution in [0.2, 0.25) is 0 Å². The lowest BCUT2D eigenvalue weighted by Gasteiger charge is -2.01. The summed E-state index contributed by atoms with van der Waals surface area (Å²) in [7, 11) is 1.95. The number of nitrogens with zero attached hydrogens (tertiary/aromatic N) is 3. The zero-order valence-corrected chi connectivity index (χ0v) is 7.57. The maximum absolute atomic E-state index is 4.30. The number of hydrogen-bond donors (Lipinski definition) is 2. The molecule has 13 heavy (non-hydrogen) atoms. The van der Waals surface area contributed by atoms with Gasteiger partial charge in [-0.1, -0.05) is 0 Å². The van der Waals surface area contributed by atoms with E-state index in [1.54, 1.807) is 12.4 Å². The molecule has 0 spiro atoms. The van der Waals surface area contributed by atoms with Crippen molar-refractivity contribution in [1.82, 2.24) is 19.7 Å². The Morgan fingerprint density at radius 3 is 2.92 bits per heavy atom. The van der Waals surface area contributed by atoms with Gasteiger partial charge >= 0.3 is 0 Å². The van der Waals surface area contributed by atoms with Crippen molar-refractivity contribution in [3.8, 4) is 0 Å². The van der Waals surface area contributed by atoms with Crippen molar-refractivity contribution in [2.75, 3.05) is 5.32 Å².